The Morgan fingerprint density at radius 3 is 2.21 bits per heavy atom. The second kappa shape index (κ2) is 7.17. The molecule has 3 aromatic carbocycles. The highest BCUT2D eigenvalue weighted by Gasteiger charge is 2.34. The van der Waals surface area contributed by atoms with Crippen molar-refractivity contribution in [2.45, 2.75) is 13.1 Å². The summed E-state index contributed by atoms with van der Waals surface area (Å²) in [5.41, 5.74) is 1.87. The highest BCUT2D eigenvalue weighted by molar-refractivity contribution is 6.16. The Labute approximate surface area is 165 Å². The van der Waals surface area contributed by atoms with E-state index in [-0.39, 0.29) is 16.9 Å². The zero-order valence-corrected chi connectivity index (χ0v) is 15.5. The molecule has 0 bridgehead atoms. The summed E-state index contributed by atoms with van der Waals surface area (Å²) in [6.45, 7) is 1.92. The number of halogens is 3. The molecule has 0 fully saturated rings. The lowest BCUT2D eigenvalue weighted by Crippen LogP contribution is -2.09. The number of ketones is 1. The average Bonchev–Trinajstić information content (AvgIpc) is 2.72. The third kappa shape index (κ3) is 3.51. The third-order valence-electron chi connectivity index (χ3n) is 4.82. The molecule has 0 aliphatic rings. The Morgan fingerprint density at radius 1 is 0.862 bits per heavy atom. The number of carbonyl (C=O) groups is 1. The molecule has 0 atom stereocenters. The fraction of sp³-hybridized carbons (Fsp3) is 0.0833. The molecule has 144 valence electrons. The highest BCUT2D eigenvalue weighted by Crippen LogP contribution is 2.39. The zero-order chi connectivity index (χ0) is 20.6. The van der Waals surface area contributed by atoms with E-state index >= 15 is 0 Å². The van der Waals surface area contributed by atoms with Gasteiger partial charge in [0.15, 0.2) is 5.78 Å². The van der Waals surface area contributed by atoms with Gasteiger partial charge in [-0.1, -0.05) is 72.3 Å². The van der Waals surface area contributed by atoms with Gasteiger partial charge in [-0.25, -0.2) is 0 Å². The Kier molecular flexibility index (Phi) is 4.66. The van der Waals surface area contributed by atoms with Crippen LogP contribution in [0.25, 0.3) is 22.0 Å². The van der Waals surface area contributed by atoms with Gasteiger partial charge in [-0.2, -0.15) is 13.2 Å². The monoisotopic (exact) mass is 391 g/mol. The summed E-state index contributed by atoms with van der Waals surface area (Å²) < 4.78 is 40.6. The Morgan fingerprint density at radius 2 is 1.55 bits per heavy atom. The first-order chi connectivity index (χ1) is 13.9. The van der Waals surface area contributed by atoms with Gasteiger partial charge in [0.25, 0.3) is 0 Å². The summed E-state index contributed by atoms with van der Waals surface area (Å²) in [5.74, 6) is -0.284. The molecule has 0 saturated heterocycles. The molecule has 0 amide bonds. The van der Waals surface area contributed by atoms with Gasteiger partial charge in [0.05, 0.1) is 11.1 Å². The van der Waals surface area contributed by atoms with Crippen molar-refractivity contribution in [1.82, 2.24) is 4.98 Å². The number of pyridine rings is 1. The number of aromatic nitrogens is 1. The van der Waals surface area contributed by atoms with Crippen LogP contribution in [0.5, 0.6) is 0 Å². The number of aryl methyl sites for hydroxylation is 1. The molecule has 0 unspecified atom stereocenters. The second-order valence-electron chi connectivity index (χ2n) is 6.81. The predicted octanol–water partition coefficient (Wildman–Crippen LogP) is 6.46. The summed E-state index contributed by atoms with van der Waals surface area (Å²) in [5, 5.41) is 0.297. The Hall–Kier alpha value is -3.47. The van der Waals surface area contributed by atoms with Gasteiger partial charge in [0.1, 0.15) is 0 Å². The van der Waals surface area contributed by atoms with Crippen molar-refractivity contribution in [3.05, 3.63) is 101 Å². The van der Waals surface area contributed by atoms with E-state index in [4.69, 9.17) is 0 Å². The average molecular weight is 391 g/mol. The number of alkyl halides is 3. The third-order valence-corrected chi connectivity index (χ3v) is 4.82. The van der Waals surface area contributed by atoms with Crippen molar-refractivity contribution in [3.63, 3.8) is 0 Å². The predicted molar refractivity (Wildman–Crippen MR) is 107 cm³/mol. The van der Waals surface area contributed by atoms with Crippen molar-refractivity contribution in [2.75, 3.05) is 0 Å². The van der Waals surface area contributed by atoms with E-state index in [1.807, 2.05) is 31.2 Å². The molecule has 4 rings (SSSR count). The van der Waals surface area contributed by atoms with Gasteiger partial charge in [0.2, 0.25) is 0 Å². The normalized spacial score (nSPS) is 11.6. The Bertz CT molecular complexity index is 1200. The van der Waals surface area contributed by atoms with Gasteiger partial charge in [-0.3, -0.25) is 9.78 Å². The minimum Gasteiger partial charge on any atom is -0.289 e. The van der Waals surface area contributed by atoms with E-state index < -0.39 is 11.7 Å². The molecule has 1 heterocycles. The molecule has 29 heavy (non-hydrogen) atoms. The van der Waals surface area contributed by atoms with Crippen molar-refractivity contribution in [2.24, 2.45) is 0 Å². The van der Waals surface area contributed by atoms with E-state index in [2.05, 4.69) is 4.98 Å². The van der Waals surface area contributed by atoms with Gasteiger partial charge >= 0.3 is 6.18 Å². The van der Waals surface area contributed by atoms with Gasteiger partial charge < -0.3 is 0 Å². The fourth-order valence-electron chi connectivity index (χ4n) is 3.40. The molecular formula is C24H16F3NO. The van der Waals surface area contributed by atoms with E-state index in [9.17, 15) is 18.0 Å². The minimum atomic E-state index is -4.54. The van der Waals surface area contributed by atoms with Crippen LogP contribution in [0, 0.1) is 6.92 Å². The molecule has 0 N–H and O–H groups in total. The zero-order valence-electron chi connectivity index (χ0n) is 15.5. The fourth-order valence-corrected chi connectivity index (χ4v) is 3.40. The number of benzene rings is 3. The lowest BCUT2D eigenvalue weighted by Gasteiger charge is -2.16. The first-order valence-electron chi connectivity index (χ1n) is 9.02. The largest absolute Gasteiger partial charge is 0.418 e. The van der Waals surface area contributed by atoms with E-state index in [0.717, 1.165) is 11.6 Å². The first kappa shape index (κ1) is 18.9. The summed E-state index contributed by atoms with van der Waals surface area (Å²) in [6.07, 6.45) is -3.29. The van der Waals surface area contributed by atoms with Gasteiger partial charge in [-0.15, -0.1) is 0 Å². The number of para-hydroxylation sites is 1. The summed E-state index contributed by atoms with van der Waals surface area (Å²) in [4.78, 5) is 17.2. The molecule has 0 aliphatic carbocycles. The van der Waals surface area contributed by atoms with Crippen molar-refractivity contribution < 1.29 is 18.0 Å². The maximum absolute atomic E-state index is 13.5. The maximum atomic E-state index is 13.5. The first-order valence-corrected chi connectivity index (χ1v) is 9.02. The lowest BCUT2D eigenvalue weighted by atomic mass is 9.91. The SMILES string of the molecule is Cc1ccc(-c2c(C(=O)c3ccccc3)cnc3c(C(F)(F)F)cccc23)cc1. The standard InChI is InChI=1S/C24H16F3NO/c1-15-10-12-16(13-11-15)21-18-8-5-9-20(24(25,26)27)22(18)28-14-19(21)23(29)17-6-3-2-4-7-17/h2-14H,1H3. The number of carbonyl (C=O) groups excluding carboxylic acids is 1. The molecule has 4 aromatic rings. The topological polar surface area (TPSA) is 30.0 Å². The Balaban J connectivity index is 2.05. The van der Waals surface area contributed by atoms with Crippen molar-refractivity contribution in [1.29, 1.82) is 0 Å². The number of fused-ring (bicyclic) bond motifs is 1. The summed E-state index contributed by atoms with van der Waals surface area (Å²) in [6, 6.07) is 19.9. The number of hydrogen-bond acceptors (Lipinski definition) is 2. The van der Waals surface area contributed by atoms with Crippen molar-refractivity contribution >= 4 is 16.7 Å². The highest BCUT2D eigenvalue weighted by atomic mass is 19.4. The van der Waals surface area contributed by atoms with E-state index in [0.29, 0.717) is 22.1 Å². The van der Waals surface area contributed by atoms with Crippen LogP contribution < -0.4 is 0 Å². The minimum absolute atomic E-state index is 0.166. The lowest BCUT2D eigenvalue weighted by molar-refractivity contribution is -0.136. The van der Waals surface area contributed by atoms with Crippen LogP contribution in [0.15, 0.2) is 79.0 Å². The van der Waals surface area contributed by atoms with Crippen LogP contribution in [0.3, 0.4) is 0 Å². The van der Waals surface area contributed by atoms with Crippen LogP contribution in [-0.4, -0.2) is 10.8 Å². The molecule has 0 radical (unpaired) electrons. The number of hydrogen-bond donors (Lipinski definition) is 0. The van der Waals surface area contributed by atoms with E-state index in [1.165, 1.54) is 12.3 Å². The molecule has 0 saturated carbocycles. The van der Waals surface area contributed by atoms with E-state index in [1.54, 1.807) is 36.4 Å². The van der Waals surface area contributed by atoms with Crippen LogP contribution in [0.4, 0.5) is 13.2 Å². The molecule has 0 aliphatic heterocycles. The molecule has 2 nitrogen and oxygen atoms in total. The van der Waals surface area contributed by atoms with Crippen LogP contribution >= 0.6 is 0 Å². The molecular weight excluding hydrogens is 375 g/mol. The second-order valence-corrected chi connectivity index (χ2v) is 6.81. The summed E-state index contributed by atoms with van der Waals surface area (Å²) in [7, 11) is 0. The van der Waals surface area contributed by atoms with Crippen LogP contribution in [0.1, 0.15) is 27.0 Å². The summed E-state index contributed by atoms with van der Waals surface area (Å²) >= 11 is 0. The van der Waals surface area contributed by atoms with Gasteiger partial charge in [-0.05, 0) is 18.6 Å². The van der Waals surface area contributed by atoms with Crippen LogP contribution in [-0.2, 0) is 6.18 Å². The number of rotatable bonds is 3. The molecule has 1 aromatic heterocycles. The maximum Gasteiger partial charge on any atom is 0.418 e. The van der Waals surface area contributed by atoms with Crippen molar-refractivity contribution in [3.8, 4) is 11.1 Å². The molecule has 5 heteroatoms. The molecule has 0 spiro atoms. The quantitative estimate of drug-likeness (QED) is 0.375. The van der Waals surface area contributed by atoms with Gasteiger partial charge in [0, 0.05) is 28.3 Å². The number of nitrogens with zero attached hydrogens (tertiary/aromatic N) is 1. The van der Waals surface area contributed by atoms with Crippen LogP contribution in [0.2, 0.25) is 0 Å². The smallest absolute Gasteiger partial charge is 0.289 e.